The molecule has 142 valence electrons. The summed E-state index contributed by atoms with van der Waals surface area (Å²) in [5.74, 6) is 1.11. The van der Waals surface area contributed by atoms with Gasteiger partial charge in [-0.3, -0.25) is 14.9 Å². The summed E-state index contributed by atoms with van der Waals surface area (Å²) in [6, 6.07) is 15.9. The smallest absolute Gasteiger partial charge is 0.275 e. The van der Waals surface area contributed by atoms with E-state index in [0.29, 0.717) is 26.6 Å². The molecule has 0 amide bonds. The number of benzene rings is 2. The molecule has 0 aliphatic carbocycles. The van der Waals surface area contributed by atoms with Crippen LogP contribution in [0.15, 0.2) is 63.8 Å². The van der Waals surface area contributed by atoms with Crippen molar-refractivity contribution in [2.75, 3.05) is 0 Å². The summed E-state index contributed by atoms with van der Waals surface area (Å²) in [7, 11) is 0. The van der Waals surface area contributed by atoms with E-state index in [-0.39, 0.29) is 11.2 Å². The normalized spacial score (nSPS) is 12.2. The molecule has 3 heterocycles. The number of fused-ring (bicyclic) bond motifs is 3. The SMILES string of the molecule is Cc1cc(-c2ccc(/C=c3\sc4nc5ccccc5n4c3=O)o2)ccc1[N+](=O)[O-]. The molecule has 0 saturated carbocycles. The summed E-state index contributed by atoms with van der Waals surface area (Å²) in [6.45, 7) is 1.69. The van der Waals surface area contributed by atoms with Crippen LogP contribution < -0.4 is 10.1 Å². The van der Waals surface area contributed by atoms with Crippen molar-refractivity contribution in [1.82, 2.24) is 9.38 Å². The van der Waals surface area contributed by atoms with E-state index in [1.54, 1.807) is 41.7 Å². The third-order valence-electron chi connectivity index (χ3n) is 4.72. The van der Waals surface area contributed by atoms with Crippen molar-refractivity contribution in [2.45, 2.75) is 6.92 Å². The number of nitro groups is 1. The molecule has 2 aromatic carbocycles. The standard InChI is InChI=1S/C21H13N3O4S/c1-12-10-13(6-8-16(12)24(26)27)18-9-7-14(28-18)11-19-20(25)23-17-5-3-2-4-15(17)22-21(23)29-19/h2-11H,1H3/b19-11-. The Morgan fingerprint density at radius 2 is 2.00 bits per heavy atom. The van der Waals surface area contributed by atoms with E-state index in [0.717, 1.165) is 16.6 Å². The van der Waals surface area contributed by atoms with Gasteiger partial charge in [-0.1, -0.05) is 23.5 Å². The van der Waals surface area contributed by atoms with E-state index in [9.17, 15) is 14.9 Å². The monoisotopic (exact) mass is 403 g/mol. The highest BCUT2D eigenvalue weighted by molar-refractivity contribution is 7.15. The summed E-state index contributed by atoms with van der Waals surface area (Å²) < 4.78 is 7.99. The van der Waals surface area contributed by atoms with Crippen LogP contribution in [0.5, 0.6) is 0 Å². The fraction of sp³-hybridized carbons (Fsp3) is 0.0476. The second-order valence-corrected chi connectivity index (χ2v) is 7.60. The van der Waals surface area contributed by atoms with E-state index < -0.39 is 4.92 Å². The van der Waals surface area contributed by atoms with E-state index in [2.05, 4.69) is 4.98 Å². The van der Waals surface area contributed by atoms with E-state index in [1.807, 2.05) is 24.3 Å². The first-order valence-corrected chi connectivity index (χ1v) is 9.60. The van der Waals surface area contributed by atoms with Gasteiger partial charge in [0.2, 0.25) is 0 Å². The molecule has 0 N–H and O–H groups in total. The second-order valence-electron chi connectivity index (χ2n) is 6.59. The van der Waals surface area contributed by atoms with E-state index in [1.165, 1.54) is 17.4 Å². The zero-order valence-electron chi connectivity index (χ0n) is 15.2. The van der Waals surface area contributed by atoms with Crippen molar-refractivity contribution in [3.05, 3.63) is 90.9 Å². The van der Waals surface area contributed by atoms with Gasteiger partial charge in [-0.25, -0.2) is 9.38 Å². The molecule has 0 unspecified atom stereocenters. The van der Waals surface area contributed by atoms with Crippen LogP contribution in [0.3, 0.4) is 0 Å². The molecule has 0 atom stereocenters. The van der Waals surface area contributed by atoms with Gasteiger partial charge < -0.3 is 4.42 Å². The number of aromatic nitrogens is 2. The first-order valence-electron chi connectivity index (χ1n) is 8.78. The van der Waals surface area contributed by atoms with Crippen molar-refractivity contribution in [2.24, 2.45) is 0 Å². The third kappa shape index (κ3) is 2.81. The van der Waals surface area contributed by atoms with Gasteiger partial charge >= 0.3 is 0 Å². The van der Waals surface area contributed by atoms with Gasteiger partial charge in [0.1, 0.15) is 16.1 Å². The lowest BCUT2D eigenvalue weighted by molar-refractivity contribution is -0.385. The maximum atomic E-state index is 12.8. The highest BCUT2D eigenvalue weighted by atomic mass is 32.1. The molecule has 0 radical (unpaired) electrons. The summed E-state index contributed by atoms with van der Waals surface area (Å²) >= 11 is 1.31. The van der Waals surface area contributed by atoms with Gasteiger partial charge in [-0.05, 0) is 43.3 Å². The summed E-state index contributed by atoms with van der Waals surface area (Å²) in [6.07, 6.45) is 1.69. The summed E-state index contributed by atoms with van der Waals surface area (Å²) in [5.41, 5.74) is 2.80. The Morgan fingerprint density at radius 3 is 2.79 bits per heavy atom. The van der Waals surface area contributed by atoms with Crippen LogP contribution in [0.4, 0.5) is 5.69 Å². The van der Waals surface area contributed by atoms with Crippen LogP contribution in [0, 0.1) is 17.0 Å². The van der Waals surface area contributed by atoms with E-state index >= 15 is 0 Å². The number of nitro benzene ring substituents is 1. The zero-order valence-corrected chi connectivity index (χ0v) is 16.0. The highest BCUT2D eigenvalue weighted by Crippen LogP contribution is 2.27. The van der Waals surface area contributed by atoms with Gasteiger partial charge in [0.15, 0.2) is 4.96 Å². The maximum Gasteiger partial charge on any atom is 0.275 e. The molecule has 5 rings (SSSR count). The largest absolute Gasteiger partial charge is 0.457 e. The number of furan rings is 1. The number of nitrogens with zero attached hydrogens (tertiary/aromatic N) is 3. The van der Waals surface area contributed by atoms with Gasteiger partial charge in [-0.15, -0.1) is 0 Å². The van der Waals surface area contributed by atoms with Gasteiger partial charge in [0, 0.05) is 23.3 Å². The maximum absolute atomic E-state index is 12.8. The van der Waals surface area contributed by atoms with Crippen molar-refractivity contribution in [1.29, 1.82) is 0 Å². The van der Waals surface area contributed by atoms with Crippen LogP contribution in [-0.4, -0.2) is 14.3 Å². The van der Waals surface area contributed by atoms with Crippen LogP contribution in [0.2, 0.25) is 0 Å². The molecule has 0 spiro atoms. The lowest BCUT2D eigenvalue weighted by Gasteiger charge is -2.00. The fourth-order valence-corrected chi connectivity index (χ4v) is 4.31. The number of hydrogen-bond acceptors (Lipinski definition) is 6. The van der Waals surface area contributed by atoms with Crippen LogP contribution in [0.25, 0.3) is 33.4 Å². The Balaban J connectivity index is 1.57. The van der Waals surface area contributed by atoms with Crippen molar-refractivity contribution in [3.63, 3.8) is 0 Å². The lowest BCUT2D eigenvalue weighted by atomic mass is 10.1. The lowest BCUT2D eigenvalue weighted by Crippen LogP contribution is -2.22. The molecule has 29 heavy (non-hydrogen) atoms. The number of rotatable bonds is 3. The quantitative estimate of drug-likeness (QED) is 0.336. The first kappa shape index (κ1) is 17.3. The Bertz CT molecular complexity index is 1530. The number of aryl methyl sites for hydroxylation is 1. The molecule has 0 bridgehead atoms. The Kier molecular flexibility index (Phi) is 3.82. The fourth-order valence-electron chi connectivity index (χ4n) is 3.34. The second kappa shape index (κ2) is 6.39. The Hall–Kier alpha value is -3.78. The number of para-hydroxylation sites is 2. The van der Waals surface area contributed by atoms with Crippen LogP contribution in [0.1, 0.15) is 11.3 Å². The van der Waals surface area contributed by atoms with Crippen molar-refractivity contribution >= 4 is 39.1 Å². The average molecular weight is 403 g/mol. The molecule has 0 saturated heterocycles. The molecule has 0 fully saturated rings. The van der Waals surface area contributed by atoms with Crippen LogP contribution in [-0.2, 0) is 0 Å². The molecular weight excluding hydrogens is 390 g/mol. The van der Waals surface area contributed by atoms with Crippen LogP contribution >= 0.6 is 11.3 Å². The molecule has 3 aromatic heterocycles. The molecule has 0 aliphatic heterocycles. The molecule has 0 aliphatic rings. The van der Waals surface area contributed by atoms with Gasteiger partial charge in [0.25, 0.3) is 11.2 Å². The Morgan fingerprint density at radius 1 is 1.17 bits per heavy atom. The zero-order chi connectivity index (χ0) is 20.1. The first-order chi connectivity index (χ1) is 14.0. The molecular formula is C21H13N3O4S. The predicted octanol–water partition coefficient (Wildman–Crippen LogP) is 3.93. The van der Waals surface area contributed by atoms with Gasteiger partial charge in [-0.2, -0.15) is 0 Å². The minimum absolute atomic E-state index is 0.0669. The Labute approximate surface area is 167 Å². The minimum Gasteiger partial charge on any atom is -0.457 e. The molecule has 8 heteroatoms. The predicted molar refractivity (Wildman–Crippen MR) is 111 cm³/mol. The highest BCUT2D eigenvalue weighted by Gasteiger charge is 2.14. The number of imidazole rings is 1. The summed E-state index contributed by atoms with van der Waals surface area (Å²) in [5, 5.41) is 11.0. The third-order valence-corrected chi connectivity index (χ3v) is 5.69. The van der Waals surface area contributed by atoms with Crippen molar-refractivity contribution < 1.29 is 9.34 Å². The number of thiazole rings is 1. The summed E-state index contributed by atoms with van der Waals surface area (Å²) in [4.78, 5) is 28.5. The van der Waals surface area contributed by atoms with Gasteiger partial charge in [0.05, 0.1) is 16.0 Å². The van der Waals surface area contributed by atoms with E-state index in [4.69, 9.17) is 4.42 Å². The number of hydrogen-bond donors (Lipinski definition) is 0. The molecule has 7 nitrogen and oxygen atoms in total. The average Bonchev–Trinajstić information content (AvgIpc) is 3.37. The molecule has 5 aromatic rings. The van der Waals surface area contributed by atoms with Crippen molar-refractivity contribution in [3.8, 4) is 11.3 Å². The topological polar surface area (TPSA) is 90.7 Å². The minimum atomic E-state index is -0.410.